The standard InChI is InChI=1S/C14H23N/c1-5-7-13(6-2)8-9-14-11-15(4)10-12(14)3/h5-7,12,14H,1-2,8-11H2,3-4H3/b13-7+. The zero-order valence-electron chi connectivity index (χ0n) is 10.1. The summed E-state index contributed by atoms with van der Waals surface area (Å²) in [5, 5.41) is 0. The summed E-state index contributed by atoms with van der Waals surface area (Å²) in [7, 11) is 2.21. The lowest BCUT2D eigenvalue weighted by Gasteiger charge is -2.13. The minimum absolute atomic E-state index is 0.838. The molecule has 0 N–H and O–H groups in total. The molecule has 1 aliphatic heterocycles. The van der Waals surface area contributed by atoms with E-state index in [2.05, 4.69) is 38.1 Å². The Morgan fingerprint density at radius 3 is 2.60 bits per heavy atom. The van der Waals surface area contributed by atoms with Gasteiger partial charge >= 0.3 is 0 Å². The molecule has 1 rings (SSSR count). The Labute approximate surface area is 94.2 Å². The van der Waals surface area contributed by atoms with Crippen LogP contribution in [0.1, 0.15) is 19.8 Å². The van der Waals surface area contributed by atoms with Crippen LogP contribution in [0.25, 0.3) is 0 Å². The van der Waals surface area contributed by atoms with Gasteiger partial charge in [0.1, 0.15) is 0 Å². The highest BCUT2D eigenvalue weighted by molar-refractivity contribution is 5.20. The second-order valence-corrected chi connectivity index (χ2v) is 4.68. The monoisotopic (exact) mass is 205 g/mol. The normalized spacial score (nSPS) is 28.0. The second-order valence-electron chi connectivity index (χ2n) is 4.68. The van der Waals surface area contributed by atoms with Gasteiger partial charge in [-0.3, -0.25) is 0 Å². The maximum atomic E-state index is 3.83. The fourth-order valence-electron chi connectivity index (χ4n) is 2.43. The first-order valence-electron chi connectivity index (χ1n) is 5.80. The summed E-state index contributed by atoms with van der Waals surface area (Å²) in [5.41, 5.74) is 1.31. The third kappa shape index (κ3) is 3.67. The van der Waals surface area contributed by atoms with E-state index in [0.717, 1.165) is 18.3 Å². The van der Waals surface area contributed by atoms with Crippen molar-refractivity contribution in [1.29, 1.82) is 0 Å². The summed E-state index contributed by atoms with van der Waals surface area (Å²) >= 11 is 0. The maximum absolute atomic E-state index is 3.83. The van der Waals surface area contributed by atoms with Gasteiger partial charge in [-0.2, -0.15) is 0 Å². The van der Waals surface area contributed by atoms with Gasteiger partial charge in [-0.15, -0.1) is 0 Å². The van der Waals surface area contributed by atoms with Crippen molar-refractivity contribution >= 4 is 0 Å². The molecule has 1 heteroatoms. The average Bonchev–Trinajstić information content (AvgIpc) is 2.52. The van der Waals surface area contributed by atoms with Gasteiger partial charge in [-0.05, 0) is 37.3 Å². The van der Waals surface area contributed by atoms with Crippen molar-refractivity contribution in [2.24, 2.45) is 11.8 Å². The van der Waals surface area contributed by atoms with Gasteiger partial charge in [-0.1, -0.05) is 38.3 Å². The van der Waals surface area contributed by atoms with E-state index in [4.69, 9.17) is 0 Å². The first-order chi connectivity index (χ1) is 7.17. The van der Waals surface area contributed by atoms with E-state index in [9.17, 15) is 0 Å². The van der Waals surface area contributed by atoms with E-state index in [-0.39, 0.29) is 0 Å². The van der Waals surface area contributed by atoms with E-state index in [0.29, 0.717) is 0 Å². The van der Waals surface area contributed by atoms with Gasteiger partial charge in [0.25, 0.3) is 0 Å². The summed E-state index contributed by atoms with van der Waals surface area (Å²) in [6.45, 7) is 12.4. The molecule has 0 aliphatic carbocycles. The van der Waals surface area contributed by atoms with Crippen LogP contribution < -0.4 is 0 Å². The van der Waals surface area contributed by atoms with Crippen molar-refractivity contribution in [3.8, 4) is 0 Å². The fraction of sp³-hybridized carbons (Fsp3) is 0.571. The Hall–Kier alpha value is -0.820. The average molecular weight is 205 g/mol. The van der Waals surface area contributed by atoms with E-state index in [1.54, 1.807) is 0 Å². The van der Waals surface area contributed by atoms with Crippen molar-refractivity contribution in [2.75, 3.05) is 20.1 Å². The smallest absolute Gasteiger partial charge is 0.000986 e. The van der Waals surface area contributed by atoms with Crippen LogP contribution in [0.2, 0.25) is 0 Å². The third-order valence-electron chi connectivity index (χ3n) is 3.35. The molecule has 1 fully saturated rings. The fourth-order valence-corrected chi connectivity index (χ4v) is 2.43. The molecule has 0 saturated carbocycles. The summed E-state index contributed by atoms with van der Waals surface area (Å²) < 4.78 is 0. The SMILES string of the molecule is C=C/C=C(\C=C)CCC1CN(C)CC1C. The molecule has 2 atom stereocenters. The van der Waals surface area contributed by atoms with Crippen molar-refractivity contribution in [3.63, 3.8) is 0 Å². The topological polar surface area (TPSA) is 3.24 Å². The van der Waals surface area contributed by atoms with Crippen LogP contribution >= 0.6 is 0 Å². The number of likely N-dealkylation sites (tertiary alicyclic amines) is 1. The number of allylic oxidation sites excluding steroid dienone is 4. The van der Waals surface area contributed by atoms with E-state index in [1.807, 2.05) is 12.2 Å². The molecule has 1 aliphatic rings. The van der Waals surface area contributed by atoms with Crippen LogP contribution in [0.15, 0.2) is 37.0 Å². The Kier molecular flexibility index (Phi) is 4.83. The maximum Gasteiger partial charge on any atom is 0.000986 e. The van der Waals surface area contributed by atoms with E-state index >= 15 is 0 Å². The lowest BCUT2D eigenvalue weighted by atomic mass is 9.91. The molecule has 84 valence electrons. The highest BCUT2D eigenvalue weighted by Gasteiger charge is 2.26. The molecular weight excluding hydrogens is 182 g/mol. The number of nitrogens with zero attached hydrogens (tertiary/aromatic N) is 1. The summed E-state index contributed by atoms with van der Waals surface area (Å²) in [6.07, 6.45) is 8.28. The van der Waals surface area contributed by atoms with Crippen LogP contribution in [0.3, 0.4) is 0 Å². The van der Waals surface area contributed by atoms with Gasteiger partial charge in [-0.25, -0.2) is 0 Å². The molecule has 0 aromatic heterocycles. The largest absolute Gasteiger partial charge is 0.306 e. The van der Waals surface area contributed by atoms with Gasteiger partial charge in [0.05, 0.1) is 0 Å². The zero-order chi connectivity index (χ0) is 11.3. The van der Waals surface area contributed by atoms with Crippen molar-refractivity contribution in [3.05, 3.63) is 37.0 Å². The Morgan fingerprint density at radius 2 is 2.13 bits per heavy atom. The molecule has 0 bridgehead atoms. The Bertz CT molecular complexity index is 252. The summed E-state index contributed by atoms with van der Waals surface area (Å²) in [6, 6.07) is 0. The molecule has 0 aromatic carbocycles. The zero-order valence-corrected chi connectivity index (χ0v) is 10.1. The second kappa shape index (κ2) is 5.92. The van der Waals surface area contributed by atoms with Crippen LogP contribution in [0, 0.1) is 11.8 Å². The first kappa shape index (κ1) is 12.3. The molecule has 0 spiro atoms. The number of hydrogen-bond acceptors (Lipinski definition) is 1. The molecule has 15 heavy (non-hydrogen) atoms. The molecular formula is C14H23N. The Morgan fingerprint density at radius 1 is 1.40 bits per heavy atom. The van der Waals surface area contributed by atoms with Crippen LogP contribution in [0.4, 0.5) is 0 Å². The molecule has 0 aromatic rings. The van der Waals surface area contributed by atoms with Gasteiger partial charge in [0, 0.05) is 13.1 Å². The predicted molar refractivity (Wildman–Crippen MR) is 67.9 cm³/mol. The summed E-state index contributed by atoms with van der Waals surface area (Å²) in [4.78, 5) is 2.43. The number of hydrogen-bond donors (Lipinski definition) is 0. The quantitative estimate of drug-likeness (QED) is 0.623. The van der Waals surface area contributed by atoms with Crippen LogP contribution in [-0.4, -0.2) is 25.0 Å². The molecule has 0 amide bonds. The van der Waals surface area contributed by atoms with Gasteiger partial charge in [0.15, 0.2) is 0 Å². The molecule has 1 nitrogen and oxygen atoms in total. The first-order valence-corrected chi connectivity index (χ1v) is 5.80. The minimum Gasteiger partial charge on any atom is -0.306 e. The minimum atomic E-state index is 0.838. The van der Waals surface area contributed by atoms with E-state index < -0.39 is 0 Å². The number of rotatable bonds is 5. The highest BCUT2D eigenvalue weighted by Crippen LogP contribution is 2.27. The highest BCUT2D eigenvalue weighted by atomic mass is 15.1. The van der Waals surface area contributed by atoms with Crippen LogP contribution in [0.5, 0.6) is 0 Å². The van der Waals surface area contributed by atoms with Gasteiger partial charge < -0.3 is 4.90 Å². The molecule has 2 unspecified atom stereocenters. The summed E-state index contributed by atoms with van der Waals surface area (Å²) in [5.74, 6) is 1.69. The van der Waals surface area contributed by atoms with Gasteiger partial charge in [0.2, 0.25) is 0 Å². The Balaban J connectivity index is 2.39. The third-order valence-corrected chi connectivity index (χ3v) is 3.35. The lowest BCUT2D eigenvalue weighted by molar-refractivity contribution is 0.388. The lowest BCUT2D eigenvalue weighted by Crippen LogP contribution is -2.13. The molecule has 1 heterocycles. The predicted octanol–water partition coefficient (Wildman–Crippen LogP) is 3.26. The van der Waals surface area contributed by atoms with Crippen molar-refractivity contribution in [2.45, 2.75) is 19.8 Å². The van der Waals surface area contributed by atoms with Crippen LogP contribution in [-0.2, 0) is 0 Å². The van der Waals surface area contributed by atoms with Crippen molar-refractivity contribution < 1.29 is 0 Å². The molecule has 0 radical (unpaired) electrons. The molecule has 1 saturated heterocycles. The van der Waals surface area contributed by atoms with Crippen molar-refractivity contribution in [1.82, 2.24) is 4.90 Å². The van der Waals surface area contributed by atoms with E-state index in [1.165, 1.54) is 25.1 Å².